The van der Waals surface area contributed by atoms with E-state index >= 15 is 0 Å². The van der Waals surface area contributed by atoms with Crippen LogP contribution in [0.25, 0.3) is 0 Å². The van der Waals surface area contributed by atoms with Crippen LogP contribution in [0.2, 0.25) is 0 Å². The summed E-state index contributed by atoms with van der Waals surface area (Å²) in [6, 6.07) is 8.29. The predicted molar refractivity (Wildman–Crippen MR) is 66.9 cm³/mol. The summed E-state index contributed by atoms with van der Waals surface area (Å²) < 4.78 is 0. The number of Topliss-reactive ketones (excluding diaryl/α,β-unsaturated/α-hetero) is 1. The van der Waals surface area contributed by atoms with E-state index < -0.39 is 0 Å². The molecule has 0 heterocycles. The van der Waals surface area contributed by atoms with Crippen LogP contribution in [0.4, 0.5) is 0 Å². The maximum atomic E-state index is 11.8. The predicted octanol–water partition coefficient (Wildman–Crippen LogP) is 4.33. The SMILES string of the molecule is CCCCC(=O)c1ccc(C2CCC2)cc1. The van der Waals surface area contributed by atoms with E-state index in [1.54, 1.807) is 0 Å². The number of ketones is 1. The fourth-order valence-corrected chi connectivity index (χ4v) is 2.16. The Bertz CT molecular complexity index is 346. The normalized spacial score (nSPS) is 15.8. The summed E-state index contributed by atoms with van der Waals surface area (Å²) in [7, 11) is 0. The molecule has 1 aromatic rings. The van der Waals surface area contributed by atoms with Gasteiger partial charge in [0.05, 0.1) is 0 Å². The van der Waals surface area contributed by atoms with Crippen molar-refractivity contribution in [1.82, 2.24) is 0 Å². The lowest BCUT2D eigenvalue weighted by Crippen LogP contribution is -2.09. The molecule has 0 amide bonds. The van der Waals surface area contributed by atoms with E-state index in [0.29, 0.717) is 12.2 Å². The lowest BCUT2D eigenvalue weighted by atomic mass is 9.80. The van der Waals surface area contributed by atoms with Crippen LogP contribution in [0, 0.1) is 0 Å². The molecule has 0 radical (unpaired) electrons. The minimum atomic E-state index is 0.294. The van der Waals surface area contributed by atoms with Gasteiger partial charge in [0.15, 0.2) is 5.78 Å². The molecule has 1 heteroatoms. The third kappa shape index (κ3) is 2.52. The average molecular weight is 216 g/mol. The highest BCUT2D eigenvalue weighted by molar-refractivity contribution is 5.96. The molecule has 86 valence electrons. The topological polar surface area (TPSA) is 17.1 Å². The smallest absolute Gasteiger partial charge is 0.162 e. The Morgan fingerprint density at radius 2 is 1.94 bits per heavy atom. The average Bonchev–Trinajstić information content (AvgIpc) is 2.24. The van der Waals surface area contributed by atoms with E-state index in [1.165, 1.54) is 24.8 Å². The fraction of sp³-hybridized carbons (Fsp3) is 0.533. The van der Waals surface area contributed by atoms with E-state index in [0.717, 1.165) is 24.3 Å². The number of rotatable bonds is 5. The van der Waals surface area contributed by atoms with Gasteiger partial charge < -0.3 is 0 Å². The Labute approximate surface area is 97.9 Å². The zero-order chi connectivity index (χ0) is 11.4. The molecular formula is C15H20O. The minimum Gasteiger partial charge on any atom is -0.294 e. The molecule has 0 unspecified atom stereocenters. The molecule has 16 heavy (non-hydrogen) atoms. The summed E-state index contributed by atoms with van der Waals surface area (Å²) in [4.78, 5) is 11.8. The van der Waals surface area contributed by atoms with E-state index in [1.807, 2.05) is 12.1 Å². The van der Waals surface area contributed by atoms with Crippen LogP contribution >= 0.6 is 0 Å². The van der Waals surface area contributed by atoms with Crippen molar-refractivity contribution in [3.05, 3.63) is 35.4 Å². The monoisotopic (exact) mass is 216 g/mol. The summed E-state index contributed by atoms with van der Waals surface area (Å²) >= 11 is 0. The molecule has 0 aromatic heterocycles. The lowest BCUT2D eigenvalue weighted by molar-refractivity contribution is 0.0980. The van der Waals surface area contributed by atoms with Crippen molar-refractivity contribution in [1.29, 1.82) is 0 Å². The second kappa shape index (κ2) is 5.29. The van der Waals surface area contributed by atoms with Crippen LogP contribution in [-0.4, -0.2) is 5.78 Å². The summed E-state index contributed by atoms with van der Waals surface area (Å²) in [6.45, 7) is 2.12. The molecule has 1 aromatic carbocycles. The Morgan fingerprint density at radius 3 is 2.44 bits per heavy atom. The van der Waals surface area contributed by atoms with E-state index in [4.69, 9.17) is 0 Å². The maximum absolute atomic E-state index is 11.8. The van der Waals surface area contributed by atoms with Crippen LogP contribution in [0.3, 0.4) is 0 Å². The van der Waals surface area contributed by atoms with Crippen molar-refractivity contribution in [3.8, 4) is 0 Å². The molecule has 1 saturated carbocycles. The van der Waals surface area contributed by atoms with Crippen molar-refractivity contribution < 1.29 is 4.79 Å². The van der Waals surface area contributed by atoms with Gasteiger partial charge in [0.2, 0.25) is 0 Å². The largest absolute Gasteiger partial charge is 0.294 e. The molecule has 1 aliphatic rings. The number of hydrogen-bond acceptors (Lipinski definition) is 1. The number of carbonyl (C=O) groups excluding carboxylic acids is 1. The Balaban J connectivity index is 1.98. The first-order valence-corrected chi connectivity index (χ1v) is 6.44. The molecule has 0 bridgehead atoms. The van der Waals surface area contributed by atoms with E-state index in [-0.39, 0.29) is 0 Å². The molecule has 0 atom stereocenters. The fourth-order valence-electron chi connectivity index (χ4n) is 2.16. The van der Waals surface area contributed by atoms with Crippen molar-refractivity contribution in [3.63, 3.8) is 0 Å². The van der Waals surface area contributed by atoms with Gasteiger partial charge in [-0.3, -0.25) is 4.79 Å². The number of benzene rings is 1. The Morgan fingerprint density at radius 1 is 1.25 bits per heavy atom. The third-order valence-corrected chi connectivity index (χ3v) is 3.57. The van der Waals surface area contributed by atoms with Gasteiger partial charge in [-0.2, -0.15) is 0 Å². The number of carbonyl (C=O) groups is 1. The zero-order valence-electron chi connectivity index (χ0n) is 10.0. The lowest BCUT2D eigenvalue weighted by Gasteiger charge is -2.25. The van der Waals surface area contributed by atoms with Gasteiger partial charge in [-0.05, 0) is 30.7 Å². The van der Waals surface area contributed by atoms with Crippen molar-refractivity contribution in [2.24, 2.45) is 0 Å². The zero-order valence-corrected chi connectivity index (χ0v) is 10.0. The second-order valence-corrected chi connectivity index (χ2v) is 4.78. The van der Waals surface area contributed by atoms with Crippen LogP contribution < -0.4 is 0 Å². The number of hydrogen-bond donors (Lipinski definition) is 0. The van der Waals surface area contributed by atoms with Crippen LogP contribution in [-0.2, 0) is 0 Å². The molecule has 2 rings (SSSR count). The van der Waals surface area contributed by atoms with Crippen LogP contribution in [0.15, 0.2) is 24.3 Å². The Hall–Kier alpha value is -1.11. The van der Waals surface area contributed by atoms with Gasteiger partial charge in [-0.25, -0.2) is 0 Å². The maximum Gasteiger partial charge on any atom is 0.162 e. The van der Waals surface area contributed by atoms with Gasteiger partial charge in [-0.15, -0.1) is 0 Å². The molecule has 0 saturated heterocycles. The highest BCUT2D eigenvalue weighted by Gasteiger charge is 2.19. The molecule has 0 N–H and O–H groups in total. The molecule has 1 fully saturated rings. The highest BCUT2D eigenvalue weighted by Crippen LogP contribution is 2.36. The quantitative estimate of drug-likeness (QED) is 0.670. The summed E-state index contributed by atoms with van der Waals surface area (Å²) in [5, 5.41) is 0. The molecule has 0 aliphatic heterocycles. The van der Waals surface area contributed by atoms with Gasteiger partial charge in [0, 0.05) is 12.0 Å². The second-order valence-electron chi connectivity index (χ2n) is 4.78. The summed E-state index contributed by atoms with van der Waals surface area (Å²) in [5.74, 6) is 1.06. The highest BCUT2D eigenvalue weighted by atomic mass is 16.1. The van der Waals surface area contributed by atoms with E-state index in [9.17, 15) is 4.79 Å². The standard InChI is InChI=1S/C15H20O/c1-2-3-7-15(16)14-10-8-13(9-11-14)12-5-4-6-12/h8-12H,2-7H2,1H3. The van der Waals surface area contributed by atoms with E-state index in [2.05, 4.69) is 19.1 Å². The molecule has 1 nitrogen and oxygen atoms in total. The third-order valence-electron chi connectivity index (χ3n) is 3.57. The number of unbranched alkanes of at least 4 members (excludes halogenated alkanes) is 1. The molecular weight excluding hydrogens is 196 g/mol. The van der Waals surface area contributed by atoms with Crippen molar-refractivity contribution in [2.45, 2.75) is 51.4 Å². The first-order chi connectivity index (χ1) is 7.81. The summed E-state index contributed by atoms with van der Waals surface area (Å²) in [6.07, 6.45) is 6.79. The van der Waals surface area contributed by atoms with Crippen molar-refractivity contribution >= 4 is 5.78 Å². The van der Waals surface area contributed by atoms with Gasteiger partial charge in [0.1, 0.15) is 0 Å². The van der Waals surface area contributed by atoms with Crippen LogP contribution in [0.1, 0.15) is 67.3 Å². The van der Waals surface area contributed by atoms with Crippen LogP contribution in [0.5, 0.6) is 0 Å². The molecule has 1 aliphatic carbocycles. The van der Waals surface area contributed by atoms with Gasteiger partial charge >= 0.3 is 0 Å². The first kappa shape index (κ1) is 11.4. The van der Waals surface area contributed by atoms with Gasteiger partial charge in [-0.1, -0.05) is 44.0 Å². The van der Waals surface area contributed by atoms with Crippen molar-refractivity contribution in [2.75, 3.05) is 0 Å². The molecule has 0 spiro atoms. The van der Waals surface area contributed by atoms with Gasteiger partial charge in [0.25, 0.3) is 0 Å². The minimum absolute atomic E-state index is 0.294. The summed E-state index contributed by atoms with van der Waals surface area (Å²) in [5.41, 5.74) is 2.30. The Kier molecular flexibility index (Phi) is 3.76. The first-order valence-electron chi connectivity index (χ1n) is 6.44.